The molecule has 1 amide bonds. The number of hydrogen-bond acceptors (Lipinski definition) is 3. The first-order valence-electron chi connectivity index (χ1n) is 9.56. The van der Waals surface area contributed by atoms with Crippen LogP contribution in [0.5, 0.6) is 0 Å². The highest BCUT2D eigenvalue weighted by atomic mass is 19.4. The van der Waals surface area contributed by atoms with E-state index in [0.717, 1.165) is 34.6 Å². The number of anilines is 2. The molecule has 0 bridgehead atoms. The number of fused-ring (bicyclic) bond motifs is 3. The fourth-order valence-corrected chi connectivity index (χ4v) is 3.64. The normalized spacial score (nSPS) is 13.2. The van der Waals surface area contributed by atoms with Crippen molar-refractivity contribution in [1.82, 2.24) is 15.1 Å². The lowest BCUT2D eigenvalue weighted by atomic mass is 9.97. The van der Waals surface area contributed by atoms with Gasteiger partial charge in [0.1, 0.15) is 0 Å². The van der Waals surface area contributed by atoms with Gasteiger partial charge in [-0.05, 0) is 56.3 Å². The van der Waals surface area contributed by atoms with Gasteiger partial charge < -0.3 is 10.2 Å². The second kappa shape index (κ2) is 7.19. The summed E-state index contributed by atoms with van der Waals surface area (Å²) in [5.41, 5.74) is 3.73. The summed E-state index contributed by atoms with van der Waals surface area (Å²) in [5.74, 6) is -0.183. The lowest BCUT2D eigenvalue weighted by molar-refractivity contribution is -0.137. The predicted octanol–water partition coefficient (Wildman–Crippen LogP) is 4.90. The van der Waals surface area contributed by atoms with Crippen LogP contribution in [0.15, 0.2) is 48.7 Å². The number of hydrogen-bond donors (Lipinski definition) is 1. The number of amides is 1. The van der Waals surface area contributed by atoms with Gasteiger partial charge in [0, 0.05) is 41.7 Å². The zero-order chi connectivity index (χ0) is 21.6. The molecule has 1 aliphatic rings. The molecule has 5 nitrogen and oxygen atoms in total. The van der Waals surface area contributed by atoms with E-state index in [4.69, 9.17) is 0 Å². The molecule has 3 aromatic rings. The molecule has 1 aliphatic heterocycles. The summed E-state index contributed by atoms with van der Waals surface area (Å²) in [5, 5.41) is 7.41. The number of nitrogens with one attached hydrogen (secondary N) is 1. The lowest BCUT2D eigenvalue weighted by Crippen LogP contribution is -2.30. The molecule has 1 aromatic heterocycles. The van der Waals surface area contributed by atoms with Gasteiger partial charge in [-0.1, -0.05) is 0 Å². The lowest BCUT2D eigenvalue weighted by Gasteiger charge is -2.31. The highest BCUT2D eigenvalue weighted by Gasteiger charge is 2.31. The number of carbonyl (C=O) groups excluding carboxylic acids is 1. The summed E-state index contributed by atoms with van der Waals surface area (Å²) < 4.78 is 40.5. The van der Waals surface area contributed by atoms with Crippen molar-refractivity contribution in [2.24, 2.45) is 7.05 Å². The molecule has 2 heterocycles. The molecular weight excluding hydrogens is 393 g/mol. The van der Waals surface area contributed by atoms with Crippen LogP contribution in [0, 0.1) is 0 Å². The molecular formula is C22H21F3N4O. The molecule has 4 rings (SSSR count). The first-order chi connectivity index (χ1) is 14.1. The Hall–Kier alpha value is -3.29. The molecule has 0 spiro atoms. The SMILES string of the molecule is CC(C)NC(=O)c1ccc2c(c1)-c1nn(C)cc1CN2c1ccc(C(F)(F)F)cc1. The second-order valence-corrected chi connectivity index (χ2v) is 7.67. The highest BCUT2D eigenvalue weighted by molar-refractivity contribution is 5.98. The number of aryl methyl sites for hydroxylation is 1. The molecule has 0 radical (unpaired) electrons. The van der Waals surface area contributed by atoms with Crippen LogP contribution in [0.3, 0.4) is 0 Å². The van der Waals surface area contributed by atoms with E-state index in [0.29, 0.717) is 17.8 Å². The Morgan fingerprint density at radius 2 is 1.83 bits per heavy atom. The Bertz CT molecular complexity index is 1100. The number of alkyl halides is 3. The van der Waals surface area contributed by atoms with Gasteiger partial charge in [-0.15, -0.1) is 0 Å². The van der Waals surface area contributed by atoms with Crippen LogP contribution in [0.4, 0.5) is 24.5 Å². The molecule has 0 saturated carbocycles. The van der Waals surface area contributed by atoms with E-state index in [1.807, 2.05) is 38.1 Å². The fourth-order valence-electron chi connectivity index (χ4n) is 3.64. The van der Waals surface area contributed by atoms with Crippen LogP contribution in [0.1, 0.15) is 35.3 Å². The van der Waals surface area contributed by atoms with Crippen molar-refractivity contribution in [3.63, 3.8) is 0 Å². The van der Waals surface area contributed by atoms with Gasteiger partial charge in [0.25, 0.3) is 5.91 Å². The van der Waals surface area contributed by atoms with Gasteiger partial charge in [-0.25, -0.2) is 0 Å². The van der Waals surface area contributed by atoms with Gasteiger partial charge in [0.2, 0.25) is 0 Å². The first-order valence-corrected chi connectivity index (χ1v) is 9.56. The van der Waals surface area contributed by atoms with E-state index < -0.39 is 11.7 Å². The van der Waals surface area contributed by atoms with E-state index in [9.17, 15) is 18.0 Å². The Kier molecular flexibility index (Phi) is 4.80. The minimum absolute atomic E-state index is 0.00240. The van der Waals surface area contributed by atoms with Crippen LogP contribution >= 0.6 is 0 Å². The molecule has 0 fully saturated rings. The van der Waals surface area contributed by atoms with E-state index >= 15 is 0 Å². The number of halogens is 3. The summed E-state index contributed by atoms with van der Waals surface area (Å²) in [6.07, 6.45) is -2.50. The summed E-state index contributed by atoms with van der Waals surface area (Å²) in [7, 11) is 1.82. The number of aromatic nitrogens is 2. The van der Waals surface area contributed by atoms with E-state index in [-0.39, 0.29) is 11.9 Å². The maximum atomic E-state index is 12.9. The molecule has 2 aromatic carbocycles. The van der Waals surface area contributed by atoms with Gasteiger partial charge in [-0.3, -0.25) is 9.48 Å². The minimum Gasteiger partial charge on any atom is -0.350 e. The maximum absolute atomic E-state index is 12.9. The third-order valence-corrected chi connectivity index (χ3v) is 4.96. The van der Waals surface area contributed by atoms with Gasteiger partial charge in [0.05, 0.1) is 23.5 Å². The van der Waals surface area contributed by atoms with Gasteiger partial charge in [0.15, 0.2) is 0 Å². The first kappa shape index (κ1) is 20.0. The summed E-state index contributed by atoms with van der Waals surface area (Å²) >= 11 is 0. The molecule has 8 heteroatoms. The van der Waals surface area contributed by atoms with E-state index in [1.165, 1.54) is 12.1 Å². The standard InChI is InChI=1S/C22H21F3N4O/c1-13(2)26-21(30)14-4-9-19-18(10-14)20-15(11-28(3)27-20)12-29(19)17-7-5-16(6-8-17)22(23,24)25/h4-11,13H,12H2,1-3H3,(H,26,30). The Morgan fingerprint density at radius 1 is 1.13 bits per heavy atom. The number of benzene rings is 2. The van der Waals surface area contributed by atoms with Crippen LogP contribution < -0.4 is 10.2 Å². The van der Waals surface area contributed by atoms with Crippen molar-refractivity contribution in [3.05, 3.63) is 65.4 Å². The number of nitrogens with zero attached hydrogens (tertiary/aromatic N) is 3. The molecule has 156 valence electrons. The third kappa shape index (κ3) is 3.65. The van der Waals surface area contributed by atoms with Crippen LogP contribution in [0.25, 0.3) is 11.3 Å². The van der Waals surface area contributed by atoms with Crippen LogP contribution in [-0.2, 0) is 19.8 Å². The van der Waals surface area contributed by atoms with Crippen molar-refractivity contribution in [3.8, 4) is 11.3 Å². The molecule has 1 N–H and O–H groups in total. The summed E-state index contributed by atoms with van der Waals surface area (Å²) in [4.78, 5) is 14.4. The topological polar surface area (TPSA) is 50.2 Å². The number of rotatable bonds is 3. The predicted molar refractivity (Wildman–Crippen MR) is 109 cm³/mol. The van der Waals surface area contributed by atoms with Crippen molar-refractivity contribution in [2.75, 3.05) is 4.90 Å². The monoisotopic (exact) mass is 414 g/mol. The average molecular weight is 414 g/mol. The summed E-state index contributed by atoms with van der Waals surface area (Å²) in [6, 6.07) is 10.4. The van der Waals surface area contributed by atoms with Crippen LogP contribution in [0.2, 0.25) is 0 Å². The quantitative estimate of drug-likeness (QED) is 0.664. The Morgan fingerprint density at radius 3 is 2.47 bits per heavy atom. The van der Waals surface area contributed by atoms with Crippen molar-refractivity contribution in [2.45, 2.75) is 32.6 Å². The maximum Gasteiger partial charge on any atom is 0.416 e. The van der Waals surface area contributed by atoms with Gasteiger partial charge >= 0.3 is 6.18 Å². The van der Waals surface area contributed by atoms with E-state index in [1.54, 1.807) is 16.8 Å². The van der Waals surface area contributed by atoms with Crippen molar-refractivity contribution < 1.29 is 18.0 Å². The largest absolute Gasteiger partial charge is 0.416 e. The third-order valence-electron chi connectivity index (χ3n) is 4.96. The molecule has 30 heavy (non-hydrogen) atoms. The van der Waals surface area contributed by atoms with Crippen molar-refractivity contribution >= 4 is 17.3 Å². The second-order valence-electron chi connectivity index (χ2n) is 7.67. The van der Waals surface area contributed by atoms with Crippen molar-refractivity contribution in [1.29, 1.82) is 0 Å². The zero-order valence-corrected chi connectivity index (χ0v) is 16.8. The molecule has 0 saturated heterocycles. The Balaban J connectivity index is 1.78. The molecule has 0 aliphatic carbocycles. The molecule has 0 unspecified atom stereocenters. The smallest absolute Gasteiger partial charge is 0.350 e. The number of carbonyl (C=O) groups is 1. The highest BCUT2D eigenvalue weighted by Crippen LogP contribution is 2.43. The summed E-state index contributed by atoms with van der Waals surface area (Å²) in [6.45, 7) is 4.25. The Labute approximate surface area is 172 Å². The zero-order valence-electron chi connectivity index (χ0n) is 16.8. The molecule has 0 atom stereocenters. The van der Waals surface area contributed by atoms with Crippen LogP contribution in [-0.4, -0.2) is 21.7 Å². The minimum atomic E-state index is -4.38. The van der Waals surface area contributed by atoms with E-state index in [2.05, 4.69) is 10.4 Å². The fraction of sp³-hybridized carbons (Fsp3) is 0.273. The average Bonchev–Trinajstić information content (AvgIpc) is 3.06. The van der Waals surface area contributed by atoms with Gasteiger partial charge in [-0.2, -0.15) is 18.3 Å².